The second kappa shape index (κ2) is 32.6. The van der Waals surface area contributed by atoms with Crippen molar-refractivity contribution in [2.45, 2.75) is 181 Å². The molecule has 4 heterocycles. The Hall–Kier alpha value is -5.66. The zero-order valence-electron chi connectivity index (χ0n) is 104. The highest BCUT2D eigenvalue weighted by Gasteiger charge is 2.41. The molecule has 0 aliphatic heterocycles. The molecule has 4 aliphatic carbocycles. The number of aliphatic hydroxyl groups is 2. The van der Waals surface area contributed by atoms with Gasteiger partial charge in [-0.25, -0.2) is 19.9 Å². The summed E-state index contributed by atoms with van der Waals surface area (Å²) in [4.78, 5) is 17.6. The molecular formula is C80H140Cl6N4O6. The Labute approximate surface area is 671 Å². The van der Waals surface area contributed by atoms with Crippen molar-refractivity contribution in [1.82, 2.24) is 19.9 Å². The van der Waals surface area contributed by atoms with E-state index in [0.29, 0.717) is 79.0 Å². The van der Waals surface area contributed by atoms with Gasteiger partial charge in [0, 0.05) is 127 Å². The van der Waals surface area contributed by atoms with Gasteiger partial charge in [0.1, 0.15) is 0 Å². The van der Waals surface area contributed by atoms with E-state index in [1.54, 1.807) is 53.0 Å². The molecular weight excluding hydrogens is 1330 g/mol. The maximum atomic E-state index is 9.58. The van der Waals surface area contributed by atoms with Crippen molar-refractivity contribution in [3.05, 3.63) is 186 Å². The van der Waals surface area contributed by atoms with Crippen molar-refractivity contribution in [3.63, 3.8) is 0 Å². The molecule has 0 amide bonds. The monoisotopic (exact) mass is 1560 g/mol. The van der Waals surface area contributed by atoms with E-state index in [1.807, 2.05) is 42.5 Å². The number of hydrogen-bond donors (Lipinski definition) is 2. The summed E-state index contributed by atoms with van der Waals surface area (Å²) in [5.74, 6) is 5.17. The smallest absolute Gasteiger partial charge is 0.213 e. The number of rotatable bonds is 16. The van der Waals surface area contributed by atoms with Gasteiger partial charge in [-0.1, -0.05) is 200 Å². The minimum atomic E-state index is 0.0414. The lowest BCUT2D eigenvalue weighted by atomic mass is 9.75. The van der Waals surface area contributed by atoms with E-state index in [0.717, 1.165) is 79.9 Å². The molecule has 2 N–H and O–H groups in total. The molecule has 4 aliphatic rings. The molecule has 8 aromatic rings. The molecule has 96 heavy (non-hydrogen) atoms. The molecule has 0 saturated heterocycles. The Morgan fingerprint density at radius 2 is 0.677 bits per heavy atom. The van der Waals surface area contributed by atoms with Gasteiger partial charge in [0.15, 0.2) is 0 Å². The minimum absolute atomic E-state index is 0.0414. The van der Waals surface area contributed by atoms with Crippen molar-refractivity contribution in [3.8, 4) is 68.3 Å². The number of alkyl halides is 2. The third kappa shape index (κ3) is 17.1. The molecule has 4 aromatic heterocycles. The van der Waals surface area contributed by atoms with Gasteiger partial charge in [0.2, 0.25) is 23.5 Å². The van der Waals surface area contributed by atoms with Crippen LogP contribution in [0, 0.1) is 21.7 Å². The van der Waals surface area contributed by atoms with Gasteiger partial charge in [0.05, 0.1) is 85.5 Å². The average Bonchev–Trinajstić information content (AvgIpc) is 1.55. The van der Waals surface area contributed by atoms with E-state index in [4.69, 9.17) is 157 Å². The summed E-state index contributed by atoms with van der Waals surface area (Å²) in [7, 11) is 6.46. The van der Waals surface area contributed by atoms with Gasteiger partial charge >= 0.3 is 0 Å². The fourth-order valence-corrected chi connectivity index (χ4v) is 16.6. The second-order valence-electron chi connectivity index (χ2n) is 28.8. The van der Waals surface area contributed by atoms with Crippen LogP contribution in [-0.4, -0.2) is 58.6 Å². The zero-order valence-corrected chi connectivity index (χ0v) is 62.3. The van der Waals surface area contributed by atoms with E-state index in [-0.39, 0.29) is 34.9 Å². The number of halogens is 6. The lowest BCUT2D eigenvalue weighted by molar-refractivity contribution is 0.281. The summed E-state index contributed by atoms with van der Waals surface area (Å²) in [6, 6.07) is 36.2. The molecule has 4 atom stereocenters. The molecule has 0 radical (unpaired) electrons. The van der Waals surface area contributed by atoms with Gasteiger partial charge in [-0.15, -0.1) is 23.2 Å². The third-order valence-corrected chi connectivity index (χ3v) is 22.7. The molecule has 4 aromatic carbocycles. The first-order chi connectivity index (χ1) is 68.8. The van der Waals surface area contributed by atoms with E-state index in [1.165, 1.54) is 86.5 Å². The summed E-state index contributed by atoms with van der Waals surface area (Å²) >= 11 is 38.0. The van der Waals surface area contributed by atoms with Crippen LogP contribution >= 0.6 is 69.6 Å². The topological polar surface area (TPSA) is 129 Å². The Morgan fingerprint density at radius 1 is 0.385 bits per heavy atom. The summed E-state index contributed by atoms with van der Waals surface area (Å²) in [5.41, 5.74) is 18.2. The number of aliphatic hydroxyl groups excluding tert-OH is 2. The summed E-state index contributed by atoms with van der Waals surface area (Å²) in [5, 5.41) is 21.7. The summed E-state index contributed by atoms with van der Waals surface area (Å²) in [6.07, 6.45) is 17.9. The number of aromatic nitrogens is 4. The maximum Gasteiger partial charge on any atom is 0.213 e. The Bertz CT molecular complexity index is 3610. The Balaban J connectivity index is -0.000000102. The van der Waals surface area contributed by atoms with Crippen LogP contribution in [-0.2, 0) is 25.0 Å². The molecule has 4 fully saturated rings. The fraction of sp³-hybridized carbons (Fsp3) is 0.450. The molecule has 16 heteroatoms. The Kier molecular flexibility index (Phi) is 16.6. The van der Waals surface area contributed by atoms with Crippen LogP contribution in [0.15, 0.2) is 122 Å². The van der Waals surface area contributed by atoms with Crippen LogP contribution in [0.1, 0.15) is 269 Å². The van der Waals surface area contributed by atoms with Crippen LogP contribution in [0.5, 0.6) is 23.5 Å². The van der Waals surface area contributed by atoms with E-state index < -0.39 is 0 Å². The molecule has 0 unspecified atom stereocenters. The molecule has 0 spiro atoms. The number of nitrogens with zero attached hydrogens (tertiary/aromatic N) is 4. The molecule has 12 rings (SSSR count). The van der Waals surface area contributed by atoms with Crippen LogP contribution < -0.4 is 18.9 Å². The van der Waals surface area contributed by atoms with Gasteiger partial charge < -0.3 is 29.2 Å². The van der Waals surface area contributed by atoms with Crippen molar-refractivity contribution in [2.24, 2.45) is 21.7 Å². The predicted octanol–water partition coefficient (Wildman–Crippen LogP) is 28.9. The van der Waals surface area contributed by atoms with Crippen molar-refractivity contribution >= 4 is 69.6 Å². The summed E-state index contributed by atoms with van der Waals surface area (Å²) < 4.78 is 251. The minimum Gasteiger partial charge on any atom is -0.481 e. The lowest BCUT2D eigenvalue weighted by Crippen LogP contribution is -2.16. The average molecular weight is 1560 g/mol. The number of pyridine rings is 4. The normalized spacial score (nSPS) is 21.4. The van der Waals surface area contributed by atoms with Crippen molar-refractivity contribution in [2.75, 3.05) is 28.4 Å². The molecule has 558 valence electrons. The quantitative estimate of drug-likeness (QED) is 0.0902. The van der Waals surface area contributed by atoms with Gasteiger partial charge in [0.25, 0.3) is 0 Å². The van der Waals surface area contributed by atoms with Crippen molar-refractivity contribution in [1.29, 1.82) is 0 Å². The van der Waals surface area contributed by atoms with Gasteiger partial charge in [-0.05, 0) is 164 Å². The first-order valence-electron chi connectivity index (χ1n) is 56.5. The SMILES string of the molecule is COc1cc(-c2ccc(CCl)cc2[C@@H]2CCCC2(C)C)c(Cl)cn1.COc1cc(-c2ccc(CO)cc2[C@@H]2CCCC2(C)C)c(Cl)cn1.COc1ccc(Cl)c(-c2ccc(CCl)cc2[C@@H]2CCCC2(C)C)n1.COc1ccc(Cl)c(-c2ccc(CO)cc2[C@@H]2CCCC2(C)C)n1.[3H][3H].[3H][3H].[3H][3H].[3H][3H].[3H][3H].[3H][3H].[3H][3H].[3H][3H].[3H][3H].[3H][3H].[3H][3H].[3H][3H].[3H][3H].[3H][3H].[3H][3H].[3H][3H].[3H][3H].[3H][3H].[3H][3H].[3H][3H].[3H][3H].[3H][3H].[3H][3H]. The second-order valence-corrected chi connectivity index (χ2v) is 30.9. The number of hydrogen-bond acceptors (Lipinski definition) is 10. The van der Waals surface area contributed by atoms with E-state index in [2.05, 4.69) is 130 Å². The largest absolute Gasteiger partial charge is 0.481 e. The molecule has 10 nitrogen and oxygen atoms in total. The number of methoxy groups -OCH3 is 4. The maximum absolute atomic E-state index is 9.58. The third-order valence-electron chi connectivity index (χ3n) is 20.9. The van der Waals surface area contributed by atoms with Gasteiger partial charge in [-0.2, -0.15) is 0 Å². The van der Waals surface area contributed by atoms with Crippen LogP contribution in [0.3, 0.4) is 0 Å². The van der Waals surface area contributed by atoms with Crippen LogP contribution in [0.25, 0.3) is 44.8 Å². The number of benzene rings is 4. The molecule has 0 bridgehead atoms. The lowest BCUT2D eigenvalue weighted by Gasteiger charge is -2.30. The summed E-state index contributed by atoms with van der Waals surface area (Å²) in [6.45, 7) is 18.8. The van der Waals surface area contributed by atoms with Gasteiger partial charge in [-0.3, -0.25) is 0 Å². The van der Waals surface area contributed by atoms with E-state index >= 15 is 0 Å². The highest BCUT2D eigenvalue weighted by atomic mass is 35.5. The highest BCUT2D eigenvalue weighted by Crippen LogP contribution is 2.56. The predicted molar refractivity (Wildman–Crippen MR) is 446 cm³/mol. The molecule has 4 saturated carbocycles. The number of ether oxygens (including phenoxy) is 4. The van der Waals surface area contributed by atoms with Crippen molar-refractivity contribution < 1.29 is 97.5 Å². The van der Waals surface area contributed by atoms with Crippen LogP contribution in [0.2, 0.25) is 20.1 Å². The van der Waals surface area contributed by atoms with Crippen LogP contribution in [0.4, 0.5) is 0 Å². The first-order valence-corrected chi connectivity index (χ1v) is 36.1. The fourth-order valence-electron chi connectivity index (χ4n) is 15.4. The Morgan fingerprint density at radius 3 is 0.958 bits per heavy atom. The first kappa shape index (κ1) is 49.0. The van der Waals surface area contributed by atoms with E-state index in [9.17, 15) is 10.2 Å². The zero-order chi connectivity index (χ0) is 115. The standard InChI is InChI=1S/2C20H23Cl2NO.2C20H24ClNO2.23H2/c1-20(2)10-4-5-16(20)15-11-13(12-21)6-7-14(15)19-17(22)8-9-18(23-19)24-3;1-20(2)8-4-5-17(20)15-9-13(11-21)6-7-14(15)16-10-19(24-3)23-12-18(16)22;1-20(2)10-4-5-16(20)15-11-13(12-23)6-7-14(15)19-17(21)8-9-18(22-19)24-3;1-20(2)8-4-5-17(20)15-9-13(12-23)6-7-14(15)16-10-19(24-3)22-11-18(16)21;;;;;;;;;;;;;;;;;;;;;;;/h6-9,11,16H,4-5,10,12H2,1-3H3;6-7,9-10,12,17H,4-5,8,11H2,1-3H3;6-9,11,16,23H,4-5,10,12H2,1-3H3;6-7,9-11,17,23H,4-5,8,12H2,1-3H3;23*1H/t16-;17-;16-;17-;;;;;;;;;;;;;;;;;;;;;;;/m0000......................./s1/i;;;;23*1+2T. The highest BCUT2D eigenvalue weighted by molar-refractivity contribution is 6.34.